The highest BCUT2D eigenvalue weighted by Gasteiger charge is 2.36. The van der Waals surface area contributed by atoms with Crippen LogP contribution < -0.4 is 10.6 Å². The predicted octanol–water partition coefficient (Wildman–Crippen LogP) is 6.32. The Balaban J connectivity index is 1.59. The molecule has 51 heavy (non-hydrogen) atoms. The molecule has 0 aromatic rings. The molecule has 2 N–H and O–H groups in total. The van der Waals surface area contributed by atoms with Crippen LogP contribution in [0.3, 0.4) is 0 Å². The second-order valence-corrected chi connectivity index (χ2v) is 17.5. The molecule has 13 nitrogen and oxygen atoms in total. The Labute approximate surface area is 306 Å². The third kappa shape index (κ3) is 16.1. The van der Waals surface area contributed by atoms with E-state index in [2.05, 4.69) is 22.5 Å². The third-order valence-corrected chi connectivity index (χ3v) is 9.12. The average Bonchev–Trinajstić information content (AvgIpc) is 2.98. The summed E-state index contributed by atoms with van der Waals surface area (Å²) in [4.78, 5) is 60.2. The van der Waals surface area contributed by atoms with Crippen molar-refractivity contribution in [1.29, 1.82) is 0 Å². The van der Waals surface area contributed by atoms with Crippen molar-refractivity contribution in [3.8, 4) is 0 Å². The molecular formula is C38H67N5O8. The van der Waals surface area contributed by atoms with Crippen molar-refractivity contribution in [3.05, 3.63) is 0 Å². The smallest absolute Gasteiger partial charge is 0.437 e. The van der Waals surface area contributed by atoms with Crippen LogP contribution in [0, 0.1) is 5.92 Å². The van der Waals surface area contributed by atoms with Crippen LogP contribution in [0.4, 0.5) is 9.59 Å². The van der Waals surface area contributed by atoms with Gasteiger partial charge in [-0.3, -0.25) is 14.9 Å². The molecule has 4 atom stereocenters. The lowest BCUT2D eigenvalue weighted by atomic mass is 9.86. The third-order valence-electron chi connectivity index (χ3n) is 9.12. The number of nitrogens with zero attached hydrogens (tertiary/aromatic N) is 3. The minimum absolute atomic E-state index is 0.0152. The quantitative estimate of drug-likeness (QED) is 0.120. The molecule has 3 amide bonds. The first-order chi connectivity index (χ1) is 23.7. The van der Waals surface area contributed by atoms with Crippen LogP contribution in [0.1, 0.15) is 140 Å². The lowest BCUT2D eigenvalue weighted by Gasteiger charge is -2.40. The van der Waals surface area contributed by atoms with Gasteiger partial charge in [-0.25, -0.2) is 9.59 Å². The van der Waals surface area contributed by atoms with Gasteiger partial charge < -0.3 is 34.1 Å². The maximum atomic E-state index is 14.2. The summed E-state index contributed by atoms with van der Waals surface area (Å²) in [5.41, 5.74) is -2.07. The zero-order valence-corrected chi connectivity index (χ0v) is 33.1. The second kappa shape index (κ2) is 18.7. The van der Waals surface area contributed by atoms with Gasteiger partial charge in [-0.2, -0.15) is 0 Å². The Morgan fingerprint density at radius 3 is 2.04 bits per heavy atom. The van der Waals surface area contributed by atoms with E-state index >= 15 is 0 Å². The first-order valence-electron chi connectivity index (χ1n) is 19.1. The van der Waals surface area contributed by atoms with Gasteiger partial charge in [-0.05, 0) is 120 Å². The monoisotopic (exact) mass is 721 g/mol. The Morgan fingerprint density at radius 1 is 0.784 bits per heavy atom. The van der Waals surface area contributed by atoms with Crippen LogP contribution in [-0.2, 0) is 28.5 Å². The molecular weight excluding hydrogens is 654 g/mol. The highest BCUT2D eigenvalue weighted by molar-refractivity contribution is 5.99. The van der Waals surface area contributed by atoms with Crippen molar-refractivity contribution >= 4 is 30.0 Å². The fourth-order valence-corrected chi connectivity index (χ4v) is 6.98. The van der Waals surface area contributed by atoms with Crippen molar-refractivity contribution < 1.29 is 38.1 Å². The minimum atomic E-state index is -0.796. The lowest BCUT2D eigenvalue weighted by molar-refractivity contribution is -0.158. The number of guanidine groups is 1. The Kier molecular flexibility index (Phi) is 15.6. The molecule has 0 radical (unpaired) electrons. The number of aliphatic imine (C=N–C) groups is 1. The predicted molar refractivity (Wildman–Crippen MR) is 196 cm³/mol. The molecule has 2 heterocycles. The molecule has 2 aliphatic heterocycles. The molecule has 0 unspecified atom stereocenters. The number of piperidine rings is 2. The zero-order chi connectivity index (χ0) is 38.0. The Bertz CT molecular complexity index is 1200. The lowest BCUT2D eigenvalue weighted by Crippen LogP contribution is -2.55. The van der Waals surface area contributed by atoms with E-state index in [4.69, 9.17) is 18.9 Å². The normalized spacial score (nSPS) is 23.3. The van der Waals surface area contributed by atoms with Gasteiger partial charge in [0, 0.05) is 38.3 Å². The molecule has 0 spiro atoms. The molecule has 0 bridgehead atoms. The first kappa shape index (κ1) is 42.5. The van der Waals surface area contributed by atoms with Gasteiger partial charge in [0.05, 0.1) is 18.6 Å². The van der Waals surface area contributed by atoms with Crippen molar-refractivity contribution in [3.63, 3.8) is 0 Å². The first-order valence-corrected chi connectivity index (χ1v) is 19.1. The van der Waals surface area contributed by atoms with Crippen LogP contribution in [-0.4, -0.2) is 107 Å². The van der Waals surface area contributed by atoms with Crippen LogP contribution in [0.5, 0.6) is 0 Å². The van der Waals surface area contributed by atoms with E-state index in [-0.39, 0.29) is 42.4 Å². The summed E-state index contributed by atoms with van der Waals surface area (Å²) in [6.07, 6.45) is 7.72. The number of alkyl carbamates (subject to hydrolysis) is 1. The number of carbonyl (C=O) groups is 4. The van der Waals surface area contributed by atoms with E-state index in [1.165, 1.54) is 6.42 Å². The molecule has 13 heteroatoms. The molecule has 1 saturated carbocycles. The number of amides is 3. The zero-order valence-electron chi connectivity index (χ0n) is 33.1. The fraction of sp³-hybridized carbons (Fsp3) is 0.868. The Morgan fingerprint density at radius 2 is 1.43 bits per heavy atom. The van der Waals surface area contributed by atoms with Crippen LogP contribution in [0.15, 0.2) is 4.99 Å². The van der Waals surface area contributed by atoms with Gasteiger partial charge in [0.1, 0.15) is 16.8 Å². The molecule has 3 aliphatic rings. The standard InChI is InChI=1S/C38H67N5O8/c1-26-14-13-15-27(24-26)39-30(25-31(44)49-36(2,3)4)32(45)43-20-12-11-16-28(43)19-23-48-29-17-21-42(22-18-29)33(40-34(46)50-37(5,6)7)41-35(47)51-38(8,9)10/h26-30,39H,11-25H2,1-10H3,(H,40,41,46,47)/t26-,27+,28+,30+/m1/s1. The summed E-state index contributed by atoms with van der Waals surface area (Å²) in [5.74, 6) is 0.295. The maximum Gasteiger partial charge on any atom is 0.437 e. The molecule has 3 rings (SSSR count). The maximum absolute atomic E-state index is 14.2. The van der Waals surface area contributed by atoms with Crippen molar-refractivity contribution in [2.45, 2.75) is 181 Å². The summed E-state index contributed by atoms with van der Waals surface area (Å²) in [7, 11) is 0. The summed E-state index contributed by atoms with van der Waals surface area (Å²) < 4.78 is 22.8. The number of ether oxygens (including phenoxy) is 4. The summed E-state index contributed by atoms with van der Waals surface area (Å²) >= 11 is 0. The summed E-state index contributed by atoms with van der Waals surface area (Å²) in [5, 5.41) is 6.22. The summed E-state index contributed by atoms with van der Waals surface area (Å²) in [6.45, 7) is 20.5. The number of likely N-dealkylation sites (tertiary alicyclic amines) is 2. The van der Waals surface area contributed by atoms with E-state index in [0.29, 0.717) is 51.4 Å². The number of nitrogens with one attached hydrogen (secondary N) is 2. The largest absolute Gasteiger partial charge is 0.460 e. The molecule has 0 aromatic heterocycles. The molecule has 1 aliphatic carbocycles. The average molecular weight is 722 g/mol. The van der Waals surface area contributed by atoms with E-state index in [1.807, 2.05) is 30.6 Å². The van der Waals surface area contributed by atoms with Crippen molar-refractivity contribution in [2.24, 2.45) is 10.9 Å². The second-order valence-electron chi connectivity index (χ2n) is 17.5. The number of hydrogen-bond donors (Lipinski definition) is 2. The van der Waals surface area contributed by atoms with Crippen LogP contribution in [0.25, 0.3) is 0 Å². The van der Waals surface area contributed by atoms with E-state index < -0.39 is 35.0 Å². The highest BCUT2D eigenvalue weighted by atomic mass is 16.6. The number of hydrogen-bond acceptors (Lipinski definition) is 9. The van der Waals surface area contributed by atoms with Gasteiger partial charge in [-0.15, -0.1) is 4.99 Å². The number of rotatable bonds is 9. The highest BCUT2D eigenvalue weighted by Crippen LogP contribution is 2.27. The Hall–Kier alpha value is -2.93. The summed E-state index contributed by atoms with van der Waals surface area (Å²) in [6, 6.07) is -0.381. The van der Waals surface area contributed by atoms with Crippen molar-refractivity contribution in [1.82, 2.24) is 20.4 Å². The number of esters is 1. The van der Waals surface area contributed by atoms with Gasteiger partial charge in [0.25, 0.3) is 0 Å². The van der Waals surface area contributed by atoms with E-state index in [0.717, 1.165) is 38.5 Å². The van der Waals surface area contributed by atoms with Crippen molar-refractivity contribution in [2.75, 3.05) is 26.2 Å². The fourth-order valence-electron chi connectivity index (χ4n) is 6.98. The van der Waals surface area contributed by atoms with Gasteiger partial charge in [-0.1, -0.05) is 19.8 Å². The molecule has 0 aromatic carbocycles. The topological polar surface area (TPSA) is 148 Å². The van der Waals surface area contributed by atoms with E-state index in [1.54, 1.807) is 41.5 Å². The van der Waals surface area contributed by atoms with Crippen LogP contribution >= 0.6 is 0 Å². The molecule has 3 fully saturated rings. The molecule has 292 valence electrons. The van der Waals surface area contributed by atoms with E-state index in [9.17, 15) is 19.2 Å². The molecule has 2 saturated heterocycles. The minimum Gasteiger partial charge on any atom is -0.460 e. The van der Waals surface area contributed by atoms with Crippen LogP contribution in [0.2, 0.25) is 0 Å². The van der Waals surface area contributed by atoms with Gasteiger partial charge in [0.15, 0.2) is 0 Å². The van der Waals surface area contributed by atoms with Gasteiger partial charge in [0.2, 0.25) is 11.9 Å². The SMILES string of the molecule is C[C@@H]1CCC[C@H](N[C@@H](CC(=O)OC(C)(C)C)C(=O)N2CCCC[C@H]2CCOC2CCN(C(=NC(=O)OC(C)(C)C)NC(=O)OC(C)(C)C)CC2)C1. The number of carbonyl (C=O) groups excluding carboxylic acids is 4. The van der Waals surface area contributed by atoms with Gasteiger partial charge >= 0.3 is 18.2 Å².